The molecular weight excluding hydrogens is 438 g/mol. The molecule has 5 heteroatoms. The first-order valence-electron chi connectivity index (χ1n) is 12.9. The summed E-state index contributed by atoms with van der Waals surface area (Å²) in [4.78, 5) is 27.1. The zero-order valence-corrected chi connectivity index (χ0v) is 21.2. The van der Waals surface area contributed by atoms with Gasteiger partial charge in [0.05, 0.1) is 11.1 Å². The van der Waals surface area contributed by atoms with Crippen LogP contribution in [-0.2, 0) is 9.47 Å². The molecule has 2 heterocycles. The quantitative estimate of drug-likeness (QED) is 0.614. The zero-order chi connectivity index (χ0) is 24.8. The highest BCUT2D eigenvalue weighted by atomic mass is 16.6. The first kappa shape index (κ1) is 22.8. The molecule has 2 aliphatic heterocycles. The second-order valence-corrected chi connectivity index (χ2v) is 11.9. The highest BCUT2D eigenvalue weighted by Gasteiger charge is 2.89. The standard InChI is InChI=1S/C30H35NO4/c1-18-27(2)23-21-16-17-22(31-21)24(23)28(18,3)30(5,35-26(33)20-14-10-7-11-15-20)29(27,4)34-25(32)19-12-8-6-9-13-19/h6-15,18,21-24,31H,16-17H2,1-5H3. The number of nitrogens with one attached hydrogen (secondary N) is 1. The van der Waals surface area contributed by atoms with E-state index in [4.69, 9.17) is 9.47 Å². The Hall–Kier alpha value is -2.66. The molecule has 2 saturated heterocycles. The first-order valence-corrected chi connectivity index (χ1v) is 12.9. The summed E-state index contributed by atoms with van der Waals surface area (Å²) in [5.41, 5.74) is -1.74. The molecule has 0 spiro atoms. The van der Waals surface area contributed by atoms with E-state index in [9.17, 15) is 9.59 Å². The van der Waals surface area contributed by atoms with Gasteiger partial charge >= 0.3 is 11.9 Å². The van der Waals surface area contributed by atoms with E-state index in [2.05, 4.69) is 26.1 Å². The van der Waals surface area contributed by atoms with E-state index in [0.717, 1.165) is 12.8 Å². The van der Waals surface area contributed by atoms with Gasteiger partial charge in [0, 0.05) is 22.9 Å². The van der Waals surface area contributed by atoms with E-state index in [1.54, 1.807) is 24.3 Å². The number of fused-ring (bicyclic) bond motifs is 9. The van der Waals surface area contributed by atoms with Gasteiger partial charge in [-0.25, -0.2) is 9.59 Å². The average Bonchev–Trinajstić information content (AvgIpc) is 3.56. The van der Waals surface area contributed by atoms with Gasteiger partial charge in [0.25, 0.3) is 0 Å². The van der Waals surface area contributed by atoms with Crippen molar-refractivity contribution in [2.45, 2.75) is 70.7 Å². The van der Waals surface area contributed by atoms with Crippen molar-refractivity contribution in [3.05, 3.63) is 71.8 Å². The summed E-state index contributed by atoms with van der Waals surface area (Å²) in [6.07, 6.45) is 2.29. The molecule has 1 N–H and O–H groups in total. The molecule has 2 aromatic carbocycles. The second kappa shape index (κ2) is 7.19. The van der Waals surface area contributed by atoms with Gasteiger partial charge < -0.3 is 14.8 Å². The summed E-state index contributed by atoms with van der Waals surface area (Å²) in [7, 11) is 0. The maximum atomic E-state index is 13.6. The minimum atomic E-state index is -1.02. The monoisotopic (exact) mass is 473 g/mol. The van der Waals surface area contributed by atoms with Crippen molar-refractivity contribution in [1.29, 1.82) is 0 Å². The number of carbonyl (C=O) groups excluding carboxylic acids is 2. The van der Waals surface area contributed by atoms with Crippen LogP contribution < -0.4 is 5.32 Å². The van der Waals surface area contributed by atoms with Crippen molar-refractivity contribution in [3.63, 3.8) is 0 Å². The Kier molecular flexibility index (Phi) is 4.68. The number of ether oxygens (including phenoxy) is 2. The molecule has 0 aromatic heterocycles. The number of hydrogen-bond acceptors (Lipinski definition) is 5. The fourth-order valence-corrected chi connectivity index (χ4v) is 9.19. The lowest BCUT2D eigenvalue weighted by molar-refractivity contribution is -0.236. The summed E-state index contributed by atoms with van der Waals surface area (Å²) in [6.45, 7) is 10.9. The molecule has 8 atom stereocenters. The Morgan fingerprint density at radius 2 is 1.09 bits per heavy atom. The van der Waals surface area contributed by atoms with Gasteiger partial charge in [-0.1, -0.05) is 57.2 Å². The zero-order valence-electron chi connectivity index (χ0n) is 21.2. The van der Waals surface area contributed by atoms with Gasteiger partial charge in [0.1, 0.15) is 0 Å². The van der Waals surface area contributed by atoms with Gasteiger partial charge in [-0.3, -0.25) is 0 Å². The van der Waals surface area contributed by atoms with Crippen LogP contribution in [0.2, 0.25) is 0 Å². The summed E-state index contributed by atoms with van der Waals surface area (Å²) in [5.74, 6) is 0.175. The van der Waals surface area contributed by atoms with Crippen molar-refractivity contribution >= 4 is 11.9 Å². The van der Waals surface area contributed by atoms with E-state index in [0.29, 0.717) is 35.0 Å². The van der Waals surface area contributed by atoms with E-state index in [1.807, 2.05) is 50.2 Å². The number of rotatable bonds is 4. The van der Waals surface area contributed by atoms with E-state index < -0.39 is 11.2 Å². The van der Waals surface area contributed by atoms with Crippen LogP contribution in [0.5, 0.6) is 0 Å². The predicted octanol–water partition coefficient (Wildman–Crippen LogP) is 5.26. The minimum absolute atomic E-state index is 0.192. The molecule has 0 radical (unpaired) electrons. The Morgan fingerprint density at radius 1 is 0.714 bits per heavy atom. The largest absolute Gasteiger partial charge is 0.451 e. The van der Waals surface area contributed by atoms with E-state index >= 15 is 0 Å². The third-order valence-electron chi connectivity index (χ3n) is 11.2. The number of carbonyl (C=O) groups is 2. The fourth-order valence-electron chi connectivity index (χ4n) is 9.19. The molecule has 6 rings (SSSR count). The lowest BCUT2D eigenvalue weighted by Gasteiger charge is -2.59. The van der Waals surface area contributed by atoms with Gasteiger partial charge in [0.15, 0.2) is 11.2 Å². The maximum Gasteiger partial charge on any atom is 0.338 e. The van der Waals surface area contributed by atoms with Crippen LogP contribution in [-0.4, -0.2) is 35.2 Å². The Labute approximate surface area is 207 Å². The topological polar surface area (TPSA) is 64.6 Å². The maximum absolute atomic E-state index is 13.6. The minimum Gasteiger partial charge on any atom is -0.451 e. The lowest BCUT2D eigenvalue weighted by Crippen LogP contribution is -2.70. The SMILES string of the molecule is CC1C2(C)C3C4CCC(N4)C3C1(C)C(C)(OC(=O)c1ccccc1)C2(C)OC(=O)c1ccccc1. The van der Waals surface area contributed by atoms with Crippen molar-refractivity contribution in [3.8, 4) is 0 Å². The Bertz CT molecular complexity index is 1090. The highest BCUT2D eigenvalue weighted by Crippen LogP contribution is 2.82. The molecule has 0 amide bonds. The molecule has 4 bridgehead atoms. The van der Waals surface area contributed by atoms with Crippen molar-refractivity contribution in [2.75, 3.05) is 0 Å². The van der Waals surface area contributed by atoms with Crippen molar-refractivity contribution in [2.24, 2.45) is 28.6 Å². The van der Waals surface area contributed by atoms with Crippen LogP contribution in [0.4, 0.5) is 0 Å². The van der Waals surface area contributed by atoms with Crippen LogP contribution in [0.1, 0.15) is 68.2 Å². The molecule has 4 aliphatic rings. The molecule has 2 saturated carbocycles. The molecule has 2 aromatic rings. The summed E-state index contributed by atoms with van der Waals surface area (Å²) < 4.78 is 13.2. The summed E-state index contributed by atoms with van der Waals surface area (Å²) >= 11 is 0. The molecule has 5 nitrogen and oxygen atoms in total. The Morgan fingerprint density at radius 3 is 1.46 bits per heavy atom. The number of hydrogen-bond donors (Lipinski definition) is 1. The second-order valence-electron chi connectivity index (χ2n) is 11.9. The van der Waals surface area contributed by atoms with Gasteiger partial charge in [-0.05, 0) is 68.7 Å². The normalized spacial score (nSPS) is 44.8. The van der Waals surface area contributed by atoms with Crippen molar-refractivity contribution in [1.82, 2.24) is 5.32 Å². The van der Waals surface area contributed by atoms with Gasteiger partial charge in [-0.2, -0.15) is 0 Å². The molecule has 8 unspecified atom stereocenters. The average molecular weight is 474 g/mol. The van der Waals surface area contributed by atoms with Gasteiger partial charge in [-0.15, -0.1) is 0 Å². The summed E-state index contributed by atoms with van der Waals surface area (Å²) in [6, 6.07) is 19.1. The lowest BCUT2D eigenvalue weighted by atomic mass is 9.51. The Balaban J connectivity index is 1.49. The molecule has 184 valence electrons. The first-order chi connectivity index (χ1) is 16.6. The van der Waals surface area contributed by atoms with Gasteiger partial charge in [0.2, 0.25) is 0 Å². The van der Waals surface area contributed by atoms with Crippen molar-refractivity contribution < 1.29 is 19.1 Å². The molecule has 35 heavy (non-hydrogen) atoms. The molecule has 2 aliphatic carbocycles. The smallest absolute Gasteiger partial charge is 0.338 e. The van der Waals surface area contributed by atoms with Crippen LogP contribution in [0, 0.1) is 28.6 Å². The molecule has 4 fully saturated rings. The third-order valence-corrected chi connectivity index (χ3v) is 11.2. The highest BCUT2D eigenvalue weighted by molar-refractivity contribution is 5.91. The van der Waals surface area contributed by atoms with Crippen LogP contribution in [0.25, 0.3) is 0 Å². The van der Waals surface area contributed by atoms with Crippen LogP contribution in [0.15, 0.2) is 60.7 Å². The van der Waals surface area contributed by atoms with Crippen LogP contribution in [0.3, 0.4) is 0 Å². The number of esters is 2. The third kappa shape index (κ3) is 2.53. The van der Waals surface area contributed by atoms with E-state index in [1.165, 1.54) is 0 Å². The fraction of sp³-hybridized carbons (Fsp3) is 0.533. The van der Waals surface area contributed by atoms with Crippen LogP contribution >= 0.6 is 0 Å². The summed E-state index contributed by atoms with van der Waals surface area (Å²) in [5, 5.41) is 3.87. The van der Waals surface area contributed by atoms with E-state index in [-0.39, 0.29) is 28.7 Å². The number of benzene rings is 2. The molecular formula is C30H35NO4. The predicted molar refractivity (Wildman–Crippen MR) is 133 cm³/mol.